The van der Waals surface area contributed by atoms with Gasteiger partial charge in [-0.2, -0.15) is 5.10 Å². The van der Waals surface area contributed by atoms with Crippen LogP contribution in [-0.4, -0.2) is 46.9 Å². The van der Waals surface area contributed by atoms with Crippen molar-refractivity contribution in [3.8, 4) is 17.2 Å². The van der Waals surface area contributed by atoms with Gasteiger partial charge < -0.3 is 14.8 Å². The van der Waals surface area contributed by atoms with E-state index in [0.29, 0.717) is 19.8 Å². The summed E-state index contributed by atoms with van der Waals surface area (Å²) in [5.74, 6) is 1.57. The lowest BCUT2D eigenvalue weighted by Crippen LogP contribution is -2.33. The minimum Gasteiger partial charge on any atom is -0.486 e. The van der Waals surface area contributed by atoms with Crippen molar-refractivity contribution in [2.24, 2.45) is 0 Å². The van der Waals surface area contributed by atoms with Crippen LogP contribution in [0.25, 0.3) is 5.69 Å². The monoisotopic (exact) mass is 446 g/mol. The van der Waals surface area contributed by atoms with Crippen molar-refractivity contribution in [1.29, 1.82) is 0 Å². The molecule has 1 saturated heterocycles. The Morgan fingerprint density at radius 1 is 1.06 bits per heavy atom. The SMILES string of the molecule is Cc1ccc(-n2nc(C)c(NC(=O)CN3CCCC3c3ccc4c(c3)OCCO4)c2C)cc1. The van der Waals surface area contributed by atoms with Crippen LogP contribution in [0.4, 0.5) is 5.69 Å². The summed E-state index contributed by atoms with van der Waals surface area (Å²) in [6.07, 6.45) is 2.09. The summed E-state index contributed by atoms with van der Waals surface area (Å²) in [5.41, 5.74) is 5.88. The van der Waals surface area contributed by atoms with Crippen molar-refractivity contribution in [2.75, 3.05) is 31.6 Å². The molecule has 3 aromatic rings. The molecule has 0 saturated carbocycles. The number of amides is 1. The maximum absolute atomic E-state index is 13.0. The fourth-order valence-electron chi connectivity index (χ4n) is 4.78. The fraction of sp³-hybridized carbons (Fsp3) is 0.385. The van der Waals surface area contributed by atoms with Crippen LogP contribution in [0.1, 0.15) is 41.4 Å². The number of hydrogen-bond acceptors (Lipinski definition) is 5. The zero-order valence-corrected chi connectivity index (χ0v) is 19.4. The number of anilines is 1. The Bertz CT molecular complexity index is 1170. The summed E-state index contributed by atoms with van der Waals surface area (Å²) in [7, 11) is 0. The highest BCUT2D eigenvalue weighted by Crippen LogP contribution is 2.38. The summed E-state index contributed by atoms with van der Waals surface area (Å²) < 4.78 is 13.3. The van der Waals surface area contributed by atoms with E-state index in [1.807, 2.05) is 36.7 Å². The minimum absolute atomic E-state index is 0.0194. The lowest BCUT2D eigenvalue weighted by Gasteiger charge is -2.26. The molecule has 1 atom stereocenters. The fourth-order valence-corrected chi connectivity index (χ4v) is 4.78. The molecule has 1 amide bonds. The number of hydrogen-bond donors (Lipinski definition) is 1. The van der Waals surface area contributed by atoms with Crippen LogP contribution in [0.2, 0.25) is 0 Å². The second-order valence-corrected chi connectivity index (χ2v) is 8.87. The quantitative estimate of drug-likeness (QED) is 0.631. The first-order valence-electron chi connectivity index (χ1n) is 11.6. The molecule has 1 aromatic heterocycles. The van der Waals surface area contributed by atoms with Crippen LogP contribution in [0.15, 0.2) is 42.5 Å². The van der Waals surface area contributed by atoms with Crippen LogP contribution in [-0.2, 0) is 4.79 Å². The van der Waals surface area contributed by atoms with E-state index in [1.54, 1.807) is 0 Å². The van der Waals surface area contributed by atoms with Gasteiger partial charge in [-0.05, 0) is 70.0 Å². The molecule has 5 rings (SSSR count). The van der Waals surface area contributed by atoms with E-state index in [-0.39, 0.29) is 11.9 Å². The van der Waals surface area contributed by atoms with Gasteiger partial charge in [0.05, 0.1) is 29.3 Å². The third-order valence-corrected chi connectivity index (χ3v) is 6.50. The Kier molecular flexibility index (Phi) is 5.81. The van der Waals surface area contributed by atoms with E-state index in [0.717, 1.165) is 53.6 Å². The second-order valence-electron chi connectivity index (χ2n) is 8.87. The third-order valence-electron chi connectivity index (χ3n) is 6.50. The highest BCUT2D eigenvalue weighted by Gasteiger charge is 2.29. The Morgan fingerprint density at radius 3 is 2.61 bits per heavy atom. The van der Waals surface area contributed by atoms with E-state index in [4.69, 9.17) is 9.47 Å². The topological polar surface area (TPSA) is 68.6 Å². The lowest BCUT2D eigenvalue weighted by molar-refractivity contribution is -0.117. The molecule has 1 N–H and O–H groups in total. The number of ether oxygens (including phenoxy) is 2. The average molecular weight is 447 g/mol. The molecule has 0 spiro atoms. The number of fused-ring (bicyclic) bond motifs is 1. The van der Waals surface area contributed by atoms with Crippen LogP contribution < -0.4 is 14.8 Å². The molecule has 3 heterocycles. The lowest BCUT2D eigenvalue weighted by atomic mass is 10.0. The molecule has 33 heavy (non-hydrogen) atoms. The maximum Gasteiger partial charge on any atom is 0.238 e. The van der Waals surface area contributed by atoms with Gasteiger partial charge >= 0.3 is 0 Å². The van der Waals surface area contributed by atoms with E-state index in [1.165, 1.54) is 11.1 Å². The predicted octanol–water partition coefficient (Wildman–Crippen LogP) is 4.34. The van der Waals surface area contributed by atoms with E-state index in [2.05, 4.69) is 46.5 Å². The Balaban J connectivity index is 1.29. The van der Waals surface area contributed by atoms with Gasteiger partial charge in [0.2, 0.25) is 5.91 Å². The zero-order valence-electron chi connectivity index (χ0n) is 19.4. The summed E-state index contributed by atoms with van der Waals surface area (Å²) in [5, 5.41) is 7.78. The minimum atomic E-state index is -0.0194. The van der Waals surface area contributed by atoms with Crippen LogP contribution in [0.5, 0.6) is 11.5 Å². The molecular formula is C26H30N4O3. The maximum atomic E-state index is 13.0. The Labute approximate surface area is 194 Å². The van der Waals surface area contributed by atoms with Crippen molar-refractivity contribution < 1.29 is 14.3 Å². The van der Waals surface area contributed by atoms with Gasteiger partial charge in [-0.25, -0.2) is 4.68 Å². The Hall–Kier alpha value is -3.32. The van der Waals surface area contributed by atoms with Crippen molar-refractivity contribution in [1.82, 2.24) is 14.7 Å². The molecule has 0 radical (unpaired) electrons. The molecule has 0 bridgehead atoms. The van der Waals surface area contributed by atoms with Crippen LogP contribution in [0.3, 0.4) is 0 Å². The summed E-state index contributed by atoms with van der Waals surface area (Å²) in [6, 6.07) is 14.6. The highest BCUT2D eigenvalue weighted by atomic mass is 16.6. The van der Waals surface area contributed by atoms with Gasteiger partial charge in [-0.3, -0.25) is 9.69 Å². The third kappa shape index (κ3) is 4.33. The molecule has 2 aromatic carbocycles. The first-order chi connectivity index (χ1) is 16.0. The number of carbonyl (C=O) groups excluding carboxylic acids is 1. The predicted molar refractivity (Wildman–Crippen MR) is 127 cm³/mol. The number of nitrogens with one attached hydrogen (secondary N) is 1. The number of likely N-dealkylation sites (tertiary alicyclic amines) is 1. The summed E-state index contributed by atoms with van der Waals surface area (Å²) >= 11 is 0. The smallest absolute Gasteiger partial charge is 0.238 e. The average Bonchev–Trinajstić information content (AvgIpc) is 3.39. The standard InChI is InChI=1S/C26H30N4O3/c1-17-6-9-21(10-7-17)30-19(3)26(18(2)28-30)27-25(31)16-29-12-4-5-22(29)20-8-11-23-24(15-20)33-14-13-32-23/h6-11,15,22H,4-5,12-14,16H2,1-3H3,(H,27,31). The van der Waals surface area contributed by atoms with Crippen LogP contribution >= 0.6 is 0 Å². The van der Waals surface area contributed by atoms with E-state index in [9.17, 15) is 4.79 Å². The number of nitrogens with zero attached hydrogens (tertiary/aromatic N) is 3. The molecule has 1 unspecified atom stereocenters. The first-order valence-corrected chi connectivity index (χ1v) is 11.6. The normalized spacial score (nSPS) is 17.8. The van der Waals surface area contributed by atoms with Gasteiger partial charge in [0.15, 0.2) is 11.5 Å². The van der Waals surface area contributed by atoms with Gasteiger partial charge in [0.1, 0.15) is 13.2 Å². The molecule has 1 fully saturated rings. The van der Waals surface area contributed by atoms with E-state index < -0.39 is 0 Å². The molecular weight excluding hydrogens is 416 g/mol. The van der Waals surface area contributed by atoms with Crippen molar-refractivity contribution in [3.63, 3.8) is 0 Å². The van der Waals surface area contributed by atoms with Crippen molar-refractivity contribution in [3.05, 3.63) is 65.0 Å². The second kappa shape index (κ2) is 8.90. The molecule has 2 aliphatic heterocycles. The molecule has 172 valence electrons. The van der Waals surface area contributed by atoms with Gasteiger partial charge in [0.25, 0.3) is 0 Å². The highest BCUT2D eigenvalue weighted by molar-refractivity contribution is 5.93. The number of aryl methyl sites for hydroxylation is 2. The van der Waals surface area contributed by atoms with Crippen molar-refractivity contribution in [2.45, 2.75) is 39.7 Å². The number of aromatic nitrogens is 2. The molecule has 0 aliphatic carbocycles. The van der Waals surface area contributed by atoms with E-state index >= 15 is 0 Å². The molecule has 2 aliphatic rings. The summed E-state index contributed by atoms with van der Waals surface area (Å²) in [4.78, 5) is 15.3. The zero-order chi connectivity index (χ0) is 22.9. The van der Waals surface area contributed by atoms with Gasteiger partial charge in [-0.15, -0.1) is 0 Å². The van der Waals surface area contributed by atoms with Gasteiger partial charge in [-0.1, -0.05) is 23.8 Å². The van der Waals surface area contributed by atoms with Crippen molar-refractivity contribution >= 4 is 11.6 Å². The number of carbonyl (C=O) groups is 1. The largest absolute Gasteiger partial charge is 0.486 e. The number of benzene rings is 2. The number of rotatable bonds is 5. The summed E-state index contributed by atoms with van der Waals surface area (Å²) in [6.45, 7) is 8.38. The van der Waals surface area contributed by atoms with Gasteiger partial charge in [0, 0.05) is 6.04 Å². The Morgan fingerprint density at radius 2 is 1.82 bits per heavy atom. The molecule has 7 nitrogen and oxygen atoms in total. The first kappa shape index (κ1) is 21.5. The van der Waals surface area contributed by atoms with Crippen LogP contribution in [0, 0.1) is 20.8 Å². The molecule has 7 heteroatoms.